The Kier molecular flexibility index (Phi) is 6.09. The zero-order valence-corrected chi connectivity index (χ0v) is 9.90. The molecule has 0 aromatic heterocycles. The molecular weight excluding hydrogens is 273 g/mol. The molecule has 0 bridgehead atoms. The largest absolute Gasteiger partial charge is 0.481 e. The highest BCUT2D eigenvalue weighted by atomic mass is 19.4. The molecule has 0 radical (unpaired) electrons. The fraction of sp³-hybridized carbons (Fsp3) is 0.667. The van der Waals surface area contributed by atoms with E-state index in [4.69, 9.17) is 10.2 Å². The number of carbonyl (C=O) groups is 3. The lowest BCUT2D eigenvalue weighted by Crippen LogP contribution is -2.48. The fourth-order valence-electron chi connectivity index (χ4n) is 1.03. The first-order valence-corrected chi connectivity index (χ1v) is 5.06. The van der Waals surface area contributed by atoms with Gasteiger partial charge in [0.2, 0.25) is 0 Å². The van der Waals surface area contributed by atoms with Crippen molar-refractivity contribution in [3.05, 3.63) is 0 Å². The van der Waals surface area contributed by atoms with Gasteiger partial charge in [0, 0.05) is 13.6 Å². The van der Waals surface area contributed by atoms with Crippen molar-refractivity contribution < 1.29 is 37.8 Å². The van der Waals surface area contributed by atoms with E-state index in [9.17, 15) is 27.6 Å². The van der Waals surface area contributed by atoms with Crippen LogP contribution in [0.4, 0.5) is 18.0 Å². The highest BCUT2D eigenvalue weighted by Crippen LogP contribution is 2.19. The van der Waals surface area contributed by atoms with Crippen LogP contribution in [0, 0.1) is 0 Å². The minimum atomic E-state index is -4.44. The normalized spacial score (nSPS) is 12.6. The van der Waals surface area contributed by atoms with Gasteiger partial charge in [0.05, 0.1) is 12.8 Å². The number of nitrogens with one attached hydrogen (secondary N) is 1. The maximum absolute atomic E-state index is 11.9. The Labute approximate surface area is 106 Å². The second-order valence-corrected chi connectivity index (χ2v) is 3.72. The number of amides is 2. The average molecular weight is 286 g/mol. The van der Waals surface area contributed by atoms with Gasteiger partial charge in [-0.25, -0.2) is 9.59 Å². The minimum absolute atomic E-state index is 0.630. The third-order valence-electron chi connectivity index (χ3n) is 2.05. The van der Waals surface area contributed by atoms with E-state index < -0.39 is 49.6 Å². The molecule has 0 aliphatic rings. The fourth-order valence-corrected chi connectivity index (χ4v) is 1.03. The van der Waals surface area contributed by atoms with Gasteiger partial charge in [-0.1, -0.05) is 0 Å². The van der Waals surface area contributed by atoms with Crippen LogP contribution in [0.2, 0.25) is 0 Å². The molecule has 0 fully saturated rings. The summed E-state index contributed by atoms with van der Waals surface area (Å²) in [7, 11) is 1.04. The van der Waals surface area contributed by atoms with Gasteiger partial charge in [-0.05, 0) is 0 Å². The number of carboxylic acids is 2. The Balaban J connectivity index is 4.39. The number of nitrogens with zero attached hydrogens (tertiary/aromatic N) is 1. The Morgan fingerprint density at radius 2 is 1.79 bits per heavy atom. The molecule has 7 nitrogen and oxygen atoms in total. The van der Waals surface area contributed by atoms with E-state index in [-0.39, 0.29) is 0 Å². The third kappa shape index (κ3) is 7.84. The monoisotopic (exact) mass is 286 g/mol. The van der Waals surface area contributed by atoms with Crippen LogP contribution in [0.25, 0.3) is 0 Å². The van der Waals surface area contributed by atoms with Crippen molar-refractivity contribution in [1.29, 1.82) is 0 Å². The van der Waals surface area contributed by atoms with Crippen LogP contribution in [-0.4, -0.2) is 58.9 Å². The van der Waals surface area contributed by atoms with Gasteiger partial charge in [-0.3, -0.25) is 4.79 Å². The van der Waals surface area contributed by atoms with Crippen LogP contribution in [0.1, 0.15) is 12.8 Å². The predicted octanol–water partition coefficient (Wildman–Crippen LogP) is 0.508. The van der Waals surface area contributed by atoms with Gasteiger partial charge < -0.3 is 20.4 Å². The summed E-state index contributed by atoms with van der Waals surface area (Å²) in [5, 5.41) is 18.9. The molecule has 0 heterocycles. The Hall–Kier alpha value is -2.00. The summed E-state index contributed by atoms with van der Waals surface area (Å²) in [5.41, 5.74) is 0. The molecule has 3 N–H and O–H groups in total. The van der Waals surface area contributed by atoms with Gasteiger partial charge in [-0.15, -0.1) is 0 Å². The summed E-state index contributed by atoms with van der Waals surface area (Å²) in [5.74, 6) is -3.04. The SMILES string of the molecule is CN(CCC(F)(F)F)C(=O)N[C@H](CC(=O)O)C(=O)O. The maximum atomic E-state index is 11.9. The highest BCUT2D eigenvalue weighted by Gasteiger charge is 2.29. The van der Waals surface area contributed by atoms with Crippen LogP contribution >= 0.6 is 0 Å². The average Bonchev–Trinajstić information content (AvgIpc) is 2.22. The number of alkyl halides is 3. The molecule has 0 aliphatic heterocycles. The number of aliphatic carboxylic acids is 2. The van der Waals surface area contributed by atoms with E-state index in [1.165, 1.54) is 0 Å². The number of carbonyl (C=O) groups excluding carboxylic acids is 1. The van der Waals surface area contributed by atoms with E-state index in [2.05, 4.69) is 0 Å². The Bertz CT molecular complexity index is 358. The van der Waals surface area contributed by atoms with Crippen molar-refractivity contribution in [3.63, 3.8) is 0 Å². The first-order valence-electron chi connectivity index (χ1n) is 5.06. The van der Waals surface area contributed by atoms with E-state index in [1.807, 2.05) is 5.32 Å². The summed E-state index contributed by atoms with van der Waals surface area (Å²) in [6.45, 7) is -0.658. The van der Waals surface area contributed by atoms with Crippen molar-refractivity contribution in [2.45, 2.75) is 25.1 Å². The second-order valence-electron chi connectivity index (χ2n) is 3.72. The lowest BCUT2D eigenvalue weighted by Gasteiger charge is -2.21. The van der Waals surface area contributed by atoms with Gasteiger partial charge >= 0.3 is 24.1 Å². The van der Waals surface area contributed by atoms with E-state index in [0.29, 0.717) is 4.90 Å². The number of rotatable bonds is 6. The molecule has 0 saturated heterocycles. The predicted molar refractivity (Wildman–Crippen MR) is 55.5 cm³/mol. The number of carboxylic acid groups (broad SMARTS) is 2. The van der Waals surface area contributed by atoms with Crippen molar-refractivity contribution >= 4 is 18.0 Å². The number of hydrogen-bond donors (Lipinski definition) is 3. The third-order valence-corrected chi connectivity index (χ3v) is 2.05. The van der Waals surface area contributed by atoms with Crippen molar-refractivity contribution in [2.75, 3.05) is 13.6 Å². The van der Waals surface area contributed by atoms with Crippen molar-refractivity contribution in [2.24, 2.45) is 0 Å². The lowest BCUT2D eigenvalue weighted by molar-refractivity contribution is -0.145. The van der Waals surface area contributed by atoms with Crippen LogP contribution in [0.3, 0.4) is 0 Å². The second kappa shape index (κ2) is 6.81. The molecule has 0 aliphatic carbocycles. The molecule has 19 heavy (non-hydrogen) atoms. The number of halogens is 3. The van der Waals surface area contributed by atoms with Gasteiger partial charge in [0.15, 0.2) is 0 Å². The highest BCUT2D eigenvalue weighted by molar-refractivity contribution is 5.86. The molecule has 0 aromatic rings. The summed E-state index contributed by atoms with van der Waals surface area (Å²) < 4.78 is 35.7. The summed E-state index contributed by atoms with van der Waals surface area (Å²) >= 11 is 0. The smallest absolute Gasteiger partial charge is 0.390 e. The molecule has 0 spiro atoms. The van der Waals surface area contributed by atoms with Crippen LogP contribution in [-0.2, 0) is 9.59 Å². The van der Waals surface area contributed by atoms with E-state index in [1.54, 1.807) is 0 Å². The maximum Gasteiger partial charge on any atom is 0.390 e. The first kappa shape index (κ1) is 17.0. The van der Waals surface area contributed by atoms with Gasteiger partial charge in [-0.2, -0.15) is 13.2 Å². The number of urea groups is 1. The number of hydrogen-bond acceptors (Lipinski definition) is 3. The molecular formula is C9H13F3N2O5. The minimum Gasteiger partial charge on any atom is -0.481 e. The summed E-state index contributed by atoms with van der Waals surface area (Å²) in [6, 6.07) is -2.78. The molecule has 0 aromatic carbocycles. The molecule has 10 heteroatoms. The van der Waals surface area contributed by atoms with Gasteiger partial charge in [0.1, 0.15) is 6.04 Å². The van der Waals surface area contributed by atoms with Crippen LogP contribution in [0.5, 0.6) is 0 Å². The van der Waals surface area contributed by atoms with Gasteiger partial charge in [0.25, 0.3) is 0 Å². The summed E-state index contributed by atoms with van der Waals surface area (Å²) in [6.07, 6.45) is -6.55. The van der Waals surface area contributed by atoms with Crippen LogP contribution in [0.15, 0.2) is 0 Å². The Morgan fingerprint density at radius 3 is 2.16 bits per heavy atom. The van der Waals surface area contributed by atoms with Crippen LogP contribution < -0.4 is 5.32 Å². The zero-order chi connectivity index (χ0) is 15.2. The molecule has 0 saturated carbocycles. The molecule has 2 amide bonds. The van der Waals surface area contributed by atoms with Crippen molar-refractivity contribution in [1.82, 2.24) is 10.2 Å². The molecule has 110 valence electrons. The van der Waals surface area contributed by atoms with E-state index >= 15 is 0 Å². The Morgan fingerprint density at radius 1 is 1.26 bits per heavy atom. The van der Waals surface area contributed by atoms with E-state index in [0.717, 1.165) is 7.05 Å². The van der Waals surface area contributed by atoms with Crippen molar-refractivity contribution in [3.8, 4) is 0 Å². The zero-order valence-electron chi connectivity index (χ0n) is 9.90. The first-order chi connectivity index (χ1) is 8.53. The molecule has 1 atom stereocenters. The lowest BCUT2D eigenvalue weighted by atomic mass is 10.2. The standard InChI is InChI=1S/C9H13F3N2O5/c1-14(3-2-9(10,11)12)8(19)13-5(7(17)18)4-6(15)16/h5H,2-4H2,1H3,(H,13,19)(H,15,16)(H,17,18)/t5-/m1/s1. The topological polar surface area (TPSA) is 107 Å². The molecule has 0 unspecified atom stereocenters. The quantitative estimate of drug-likeness (QED) is 0.659. The summed E-state index contributed by atoms with van der Waals surface area (Å²) in [4.78, 5) is 33.0. The molecule has 0 rings (SSSR count).